The number of pyridine rings is 1. The van der Waals surface area contributed by atoms with Gasteiger partial charge in [-0.05, 0) is 18.9 Å². The average molecular weight is 251 g/mol. The van der Waals surface area contributed by atoms with E-state index in [-0.39, 0.29) is 23.6 Å². The second kappa shape index (κ2) is 5.18. The van der Waals surface area contributed by atoms with E-state index < -0.39 is 4.92 Å². The Bertz CT molecular complexity index is 451. The Morgan fingerprint density at radius 1 is 1.39 bits per heavy atom. The van der Waals surface area contributed by atoms with Crippen LogP contribution in [0.5, 0.6) is 0 Å². The summed E-state index contributed by atoms with van der Waals surface area (Å²) in [7, 11) is 0. The van der Waals surface area contributed by atoms with E-state index in [1.54, 1.807) is 6.07 Å². The molecule has 1 aliphatic rings. The molecule has 5 N–H and O–H groups in total. The van der Waals surface area contributed by atoms with Gasteiger partial charge in [-0.3, -0.25) is 10.1 Å². The fourth-order valence-corrected chi connectivity index (χ4v) is 2.23. The van der Waals surface area contributed by atoms with Crippen LogP contribution in [0.3, 0.4) is 0 Å². The van der Waals surface area contributed by atoms with Crippen molar-refractivity contribution in [1.29, 1.82) is 0 Å². The van der Waals surface area contributed by atoms with Crippen molar-refractivity contribution in [2.24, 2.45) is 5.73 Å². The van der Waals surface area contributed by atoms with Crippen molar-refractivity contribution in [3.05, 3.63) is 22.2 Å². The van der Waals surface area contributed by atoms with Crippen molar-refractivity contribution in [2.75, 3.05) is 11.1 Å². The van der Waals surface area contributed by atoms with Gasteiger partial charge in [-0.25, -0.2) is 4.98 Å². The molecule has 0 amide bonds. The van der Waals surface area contributed by atoms with Gasteiger partial charge in [0, 0.05) is 18.2 Å². The van der Waals surface area contributed by atoms with E-state index in [0.717, 1.165) is 25.7 Å². The standard InChI is InChI=1S/C11H17N5O2/c12-7-3-1-2-4-8(7)14-10-6-5-9(16(17)18)11(13)15-10/h5-8H,1-4,12H2,(H3,13,14,15)/t7-,8-/m1/s1. The molecular formula is C11H17N5O2. The SMILES string of the molecule is Nc1nc(N[C@@H]2CCCC[C@H]2N)ccc1[N+](=O)[O-]. The minimum Gasteiger partial charge on any atom is -0.378 e. The Morgan fingerprint density at radius 3 is 2.72 bits per heavy atom. The molecular weight excluding hydrogens is 234 g/mol. The van der Waals surface area contributed by atoms with Crippen LogP contribution in [0.25, 0.3) is 0 Å². The molecule has 2 atom stereocenters. The van der Waals surface area contributed by atoms with Crippen molar-refractivity contribution in [3.63, 3.8) is 0 Å². The van der Waals surface area contributed by atoms with E-state index in [4.69, 9.17) is 11.5 Å². The van der Waals surface area contributed by atoms with Crippen LogP contribution in [0, 0.1) is 10.1 Å². The van der Waals surface area contributed by atoms with E-state index in [0.29, 0.717) is 5.82 Å². The Morgan fingerprint density at radius 2 is 2.11 bits per heavy atom. The zero-order valence-electron chi connectivity index (χ0n) is 10.0. The third-order valence-corrected chi connectivity index (χ3v) is 3.25. The van der Waals surface area contributed by atoms with Crippen LogP contribution >= 0.6 is 0 Å². The average Bonchev–Trinajstić information content (AvgIpc) is 2.32. The van der Waals surface area contributed by atoms with Gasteiger partial charge in [0.1, 0.15) is 5.82 Å². The van der Waals surface area contributed by atoms with Gasteiger partial charge in [-0.15, -0.1) is 0 Å². The highest BCUT2D eigenvalue weighted by atomic mass is 16.6. The topological polar surface area (TPSA) is 120 Å². The molecule has 0 bridgehead atoms. The molecule has 18 heavy (non-hydrogen) atoms. The number of nitrogens with one attached hydrogen (secondary N) is 1. The first-order valence-electron chi connectivity index (χ1n) is 6.01. The molecule has 0 radical (unpaired) electrons. The molecule has 1 aromatic rings. The molecule has 1 fully saturated rings. The molecule has 0 aromatic carbocycles. The maximum Gasteiger partial charge on any atom is 0.311 e. The fraction of sp³-hybridized carbons (Fsp3) is 0.545. The normalized spacial score (nSPS) is 23.6. The van der Waals surface area contributed by atoms with Crippen molar-refractivity contribution in [1.82, 2.24) is 4.98 Å². The van der Waals surface area contributed by atoms with Gasteiger partial charge in [-0.2, -0.15) is 0 Å². The van der Waals surface area contributed by atoms with E-state index in [2.05, 4.69) is 10.3 Å². The van der Waals surface area contributed by atoms with Gasteiger partial charge in [0.15, 0.2) is 0 Å². The monoisotopic (exact) mass is 251 g/mol. The summed E-state index contributed by atoms with van der Waals surface area (Å²) in [4.78, 5) is 14.1. The third-order valence-electron chi connectivity index (χ3n) is 3.25. The number of anilines is 2. The summed E-state index contributed by atoms with van der Waals surface area (Å²) in [6.07, 6.45) is 4.25. The smallest absolute Gasteiger partial charge is 0.311 e. The van der Waals surface area contributed by atoms with Gasteiger partial charge in [0.2, 0.25) is 5.82 Å². The summed E-state index contributed by atoms with van der Waals surface area (Å²) in [5, 5.41) is 13.8. The van der Waals surface area contributed by atoms with Gasteiger partial charge < -0.3 is 16.8 Å². The number of aromatic nitrogens is 1. The molecule has 7 nitrogen and oxygen atoms in total. The first kappa shape index (κ1) is 12.6. The maximum atomic E-state index is 10.6. The Hall–Kier alpha value is -1.89. The predicted molar refractivity (Wildman–Crippen MR) is 69.2 cm³/mol. The number of nitrogens with two attached hydrogens (primary N) is 2. The first-order valence-corrected chi connectivity index (χ1v) is 6.01. The fourth-order valence-electron chi connectivity index (χ4n) is 2.23. The highest BCUT2D eigenvalue weighted by Crippen LogP contribution is 2.24. The first-order chi connectivity index (χ1) is 8.58. The molecule has 1 aliphatic carbocycles. The lowest BCUT2D eigenvalue weighted by Crippen LogP contribution is -2.42. The number of nitrogens with zero attached hydrogens (tertiary/aromatic N) is 2. The van der Waals surface area contributed by atoms with Crippen LogP contribution in [0.1, 0.15) is 25.7 Å². The van der Waals surface area contributed by atoms with E-state index in [9.17, 15) is 10.1 Å². The summed E-state index contributed by atoms with van der Waals surface area (Å²) >= 11 is 0. The van der Waals surface area contributed by atoms with Gasteiger partial charge in [0.25, 0.3) is 0 Å². The lowest BCUT2D eigenvalue weighted by molar-refractivity contribution is -0.384. The molecule has 1 saturated carbocycles. The summed E-state index contributed by atoms with van der Waals surface area (Å²) in [6, 6.07) is 3.18. The molecule has 0 saturated heterocycles. The van der Waals surface area contributed by atoms with Crippen LogP contribution in [0.15, 0.2) is 12.1 Å². The summed E-state index contributed by atoms with van der Waals surface area (Å²) in [5.41, 5.74) is 11.4. The van der Waals surface area contributed by atoms with Gasteiger partial charge in [0.05, 0.1) is 4.92 Å². The number of nitro groups is 1. The maximum absolute atomic E-state index is 10.6. The largest absolute Gasteiger partial charge is 0.378 e. The number of hydrogen-bond donors (Lipinski definition) is 3. The molecule has 1 heterocycles. The zero-order valence-corrected chi connectivity index (χ0v) is 10.0. The molecule has 0 aliphatic heterocycles. The van der Waals surface area contributed by atoms with Crippen molar-refractivity contribution < 1.29 is 4.92 Å². The van der Waals surface area contributed by atoms with Crippen LogP contribution < -0.4 is 16.8 Å². The van der Waals surface area contributed by atoms with E-state index in [1.807, 2.05) is 0 Å². The highest BCUT2D eigenvalue weighted by molar-refractivity contribution is 5.57. The Kier molecular flexibility index (Phi) is 3.61. The summed E-state index contributed by atoms with van der Waals surface area (Å²) < 4.78 is 0. The van der Waals surface area contributed by atoms with Gasteiger partial charge >= 0.3 is 5.69 Å². The highest BCUT2D eigenvalue weighted by Gasteiger charge is 2.22. The van der Waals surface area contributed by atoms with Gasteiger partial charge in [-0.1, -0.05) is 12.8 Å². The zero-order chi connectivity index (χ0) is 13.1. The number of rotatable bonds is 3. The second-order valence-corrected chi connectivity index (χ2v) is 4.56. The molecule has 0 unspecified atom stereocenters. The second-order valence-electron chi connectivity index (χ2n) is 4.56. The molecule has 0 spiro atoms. The quantitative estimate of drug-likeness (QED) is 0.549. The molecule has 7 heteroatoms. The minimum absolute atomic E-state index is 0.0746. The Labute approximate surface area is 105 Å². The third kappa shape index (κ3) is 2.67. The van der Waals surface area contributed by atoms with Crippen molar-refractivity contribution >= 4 is 17.3 Å². The predicted octanol–water partition coefficient (Wildman–Crippen LogP) is 1.25. The van der Waals surface area contributed by atoms with Crippen LogP contribution in [0.4, 0.5) is 17.3 Å². The van der Waals surface area contributed by atoms with Crippen LogP contribution in [0.2, 0.25) is 0 Å². The summed E-state index contributed by atoms with van der Waals surface area (Å²) in [6.45, 7) is 0. The van der Waals surface area contributed by atoms with Crippen molar-refractivity contribution in [2.45, 2.75) is 37.8 Å². The van der Waals surface area contributed by atoms with Crippen molar-refractivity contribution in [3.8, 4) is 0 Å². The van der Waals surface area contributed by atoms with Crippen LogP contribution in [-0.2, 0) is 0 Å². The molecule has 2 rings (SSSR count). The summed E-state index contributed by atoms with van der Waals surface area (Å²) in [5.74, 6) is 0.467. The number of hydrogen-bond acceptors (Lipinski definition) is 6. The lowest BCUT2D eigenvalue weighted by atomic mass is 9.91. The van der Waals surface area contributed by atoms with E-state index in [1.165, 1.54) is 6.07 Å². The Balaban J connectivity index is 2.10. The minimum atomic E-state index is -0.543. The lowest BCUT2D eigenvalue weighted by Gasteiger charge is -2.29. The van der Waals surface area contributed by atoms with E-state index >= 15 is 0 Å². The molecule has 1 aromatic heterocycles. The molecule has 98 valence electrons. The number of nitrogen functional groups attached to an aromatic ring is 1. The van der Waals surface area contributed by atoms with Crippen LogP contribution in [-0.4, -0.2) is 22.0 Å².